The Morgan fingerprint density at radius 2 is 1.86 bits per heavy atom. The fraction of sp³-hybridized carbons (Fsp3) is 0.250. The smallest absolute Gasteiger partial charge is 0.167 e. The number of nitrogen functional groups attached to an aromatic ring is 1. The molecule has 0 atom stereocenters. The first-order chi connectivity index (χ1) is 10.1. The molecule has 0 saturated heterocycles. The van der Waals surface area contributed by atoms with Crippen LogP contribution in [0, 0.1) is 5.82 Å². The van der Waals surface area contributed by atoms with Crippen LogP contribution in [0.5, 0.6) is 17.2 Å². The van der Waals surface area contributed by atoms with Crippen molar-refractivity contribution in [3.8, 4) is 17.2 Å². The highest BCUT2D eigenvalue weighted by molar-refractivity contribution is 5.57. The lowest BCUT2D eigenvalue weighted by atomic mass is 10.1. The Kier molecular flexibility index (Phi) is 5.00. The molecule has 3 N–H and O–H groups in total. The molecule has 0 spiro atoms. The average Bonchev–Trinajstić information content (AvgIpc) is 2.46. The van der Waals surface area contributed by atoms with Gasteiger partial charge in [-0.2, -0.15) is 0 Å². The number of ether oxygens (including phenoxy) is 2. The van der Waals surface area contributed by atoms with E-state index in [9.17, 15) is 4.39 Å². The van der Waals surface area contributed by atoms with E-state index in [1.54, 1.807) is 19.1 Å². The van der Waals surface area contributed by atoms with E-state index in [1.165, 1.54) is 12.1 Å². The minimum atomic E-state index is -0.514. The van der Waals surface area contributed by atoms with Gasteiger partial charge in [-0.25, -0.2) is 4.39 Å². The van der Waals surface area contributed by atoms with E-state index in [1.807, 2.05) is 12.1 Å². The first-order valence-corrected chi connectivity index (χ1v) is 6.73. The van der Waals surface area contributed by atoms with E-state index in [0.29, 0.717) is 24.5 Å². The molecule has 0 aliphatic rings. The summed E-state index contributed by atoms with van der Waals surface area (Å²) in [5.74, 6) is 0.519. The summed E-state index contributed by atoms with van der Waals surface area (Å²) >= 11 is 0. The monoisotopic (exact) mass is 291 g/mol. The minimum absolute atomic E-state index is 0.100. The summed E-state index contributed by atoms with van der Waals surface area (Å²) in [5, 5.41) is 8.87. The third kappa shape index (κ3) is 3.86. The summed E-state index contributed by atoms with van der Waals surface area (Å²) in [7, 11) is 0. The van der Waals surface area contributed by atoms with Gasteiger partial charge in [0.1, 0.15) is 5.75 Å². The number of halogens is 1. The standard InChI is InChI=1S/C16H18FNO3/c1-2-20-15-10-16(14(18)9-13(15)17)21-12-5-3-11(4-6-12)7-8-19/h3-6,9-10,19H,2,7-8,18H2,1H3. The number of rotatable bonds is 6. The van der Waals surface area contributed by atoms with Crippen molar-refractivity contribution in [3.05, 3.63) is 47.8 Å². The Morgan fingerprint density at radius 1 is 1.14 bits per heavy atom. The first kappa shape index (κ1) is 15.1. The summed E-state index contributed by atoms with van der Waals surface area (Å²) in [6, 6.07) is 9.88. The maximum atomic E-state index is 13.6. The van der Waals surface area contributed by atoms with Gasteiger partial charge in [0, 0.05) is 18.7 Å². The number of hydrogen-bond donors (Lipinski definition) is 2. The van der Waals surface area contributed by atoms with E-state index in [4.69, 9.17) is 20.3 Å². The van der Waals surface area contributed by atoms with Crippen molar-refractivity contribution >= 4 is 5.69 Å². The van der Waals surface area contributed by atoms with E-state index >= 15 is 0 Å². The lowest BCUT2D eigenvalue weighted by Crippen LogP contribution is -1.99. The molecule has 0 aliphatic carbocycles. The molecule has 2 aromatic rings. The molecule has 0 amide bonds. The number of anilines is 1. The summed E-state index contributed by atoms with van der Waals surface area (Å²) in [4.78, 5) is 0. The summed E-state index contributed by atoms with van der Waals surface area (Å²) in [5.41, 5.74) is 6.97. The zero-order valence-corrected chi connectivity index (χ0v) is 11.8. The highest BCUT2D eigenvalue weighted by Gasteiger charge is 2.10. The van der Waals surface area contributed by atoms with Crippen molar-refractivity contribution in [2.75, 3.05) is 18.9 Å². The van der Waals surface area contributed by atoms with Gasteiger partial charge >= 0.3 is 0 Å². The zero-order chi connectivity index (χ0) is 15.2. The maximum absolute atomic E-state index is 13.6. The minimum Gasteiger partial charge on any atom is -0.491 e. The van der Waals surface area contributed by atoms with Gasteiger partial charge in [-0.1, -0.05) is 12.1 Å². The number of nitrogens with two attached hydrogens (primary N) is 1. The van der Waals surface area contributed by atoms with Gasteiger partial charge in [-0.15, -0.1) is 0 Å². The summed E-state index contributed by atoms with van der Waals surface area (Å²) < 4.78 is 24.4. The molecule has 2 aromatic carbocycles. The molecule has 0 aromatic heterocycles. The highest BCUT2D eigenvalue weighted by atomic mass is 19.1. The first-order valence-electron chi connectivity index (χ1n) is 6.73. The summed E-state index contributed by atoms with van der Waals surface area (Å²) in [6.07, 6.45) is 0.591. The predicted octanol–water partition coefficient (Wildman–Crippen LogP) is 3.13. The van der Waals surface area contributed by atoms with Crippen LogP contribution in [0.3, 0.4) is 0 Å². The number of aliphatic hydroxyl groups is 1. The number of aliphatic hydroxyl groups excluding tert-OH is 1. The van der Waals surface area contributed by atoms with Gasteiger partial charge in [0.25, 0.3) is 0 Å². The topological polar surface area (TPSA) is 64.7 Å². The van der Waals surface area contributed by atoms with Crippen molar-refractivity contribution in [2.45, 2.75) is 13.3 Å². The van der Waals surface area contributed by atoms with Crippen LogP contribution in [-0.4, -0.2) is 18.3 Å². The van der Waals surface area contributed by atoms with Crippen molar-refractivity contribution in [1.29, 1.82) is 0 Å². The van der Waals surface area contributed by atoms with Gasteiger partial charge < -0.3 is 20.3 Å². The maximum Gasteiger partial charge on any atom is 0.167 e. The Bertz CT molecular complexity index is 599. The molecule has 0 heterocycles. The van der Waals surface area contributed by atoms with Gasteiger partial charge in [0.15, 0.2) is 17.3 Å². The SMILES string of the molecule is CCOc1cc(Oc2ccc(CCO)cc2)c(N)cc1F. The highest BCUT2D eigenvalue weighted by Crippen LogP contribution is 2.33. The van der Waals surface area contributed by atoms with E-state index < -0.39 is 5.82 Å². The normalized spacial score (nSPS) is 10.4. The second-order valence-electron chi connectivity index (χ2n) is 4.47. The van der Waals surface area contributed by atoms with Crippen LogP contribution < -0.4 is 15.2 Å². The average molecular weight is 291 g/mol. The predicted molar refractivity (Wildman–Crippen MR) is 79.3 cm³/mol. The molecule has 0 unspecified atom stereocenters. The molecule has 0 saturated carbocycles. The number of benzene rings is 2. The van der Waals surface area contributed by atoms with Gasteiger partial charge in [0.05, 0.1) is 12.3 Å². The fourth-order valence-electron chi connectivity index (χ4n) is 1.88. The second kappa shape index (κ2) is 6.95. The molecule has 21 heavy (non-hydrogen) atoms. The molecule has 5 heteroatoms. The Morgan fingerprint density at radius 3 is 2.48 bits per heavy atom. The fourth-order valence-corrected chi connectivity index (χ4v) is 1.88. The van der Waals surface area contributed by atoms with E-state index in [0.717, 1.165) is 5.56 Å². The third-order valence-electron chi connectivity index (χ3n) is 2.92. The Hall–Kier alpha value is -2.27. The van der Waals surface area contributed by atoms with E-state index in [-0.39, 0.29) is 18.0 Å². The Labute approximate surface area is 122 Å². The lowest BCUT2D eigenvalue weighted by molar-refractivity contribution is 0.299. The van der Waals surface area contributed by atoms with Crippen molar-refractivity contribution in [2.24, 2.45) is 0 Å². The van der Waals surface area contributed by atoms with Gasteiger partial charge in [-0.3, -0.25) is 0 Å². The summed E-state index contributed by atoms with van der Waals surface area (Å²) in [6.45, 7) is 2.23. The Balaban J connectivity index is 2.20. The molecule has 0 bridgehead atoms. The van der Waals surface area contributed by atoms with Crippen LogP contribution >= 0.6 is 0 Å². The van der Waals surface area contributed by atoms with Crippen LogP contribution in [-0.2, 0) is 6.42 Å². The molecule has 4 nitrogen and oxygen atoms in total. The zero-order valence-electron chi connectivity index (χ0n) is 11.8. The molecule has 112 valence electrons. The lowest BCUT2D eigenvalue weighted by Gasteiger charge is -2.12. The van der Waals surface area contributed by atoms with Crippen LogP contribution in [0.15, 0.2) is 36.4 Å². The molecular formula is C16H18FNO3. The molecule has 0 radical (unpaired) electrons. The molecule has 2 rings (SSSR count). The van der Waals surface area contributed by atoms with Crippen molar-refractivity contribution < 1.29 is 19.0 Å². The number of hydrogen-bond acceptors (Lipinski definition) is 4. The van der Waals surface area contributed by atoms with Crippen molar-refractivity contribution in [1.82, 2.24) is 0 Å². The van der Waals surface area contributed by atoms with Crippen LogP contribution in [0.2, 0.25) is 0 Å². The van der Waals surface area contributed by atoms with Crippen LogP contribution in [0.1, 0.15) is 12.5 Å². The van der Waals surface area contributed by atoms with Crippen molar-refractivity contribution in [3.63, 3.8) is 0 Å². The molecule has 0 fully saturated rings. The van der Waals surface area contributed by atoms with E-state index in [2.05, 4.69) is 0 Å². The molecule has 0 aliphatic heterocycles. The van der Waals surface area contributed by atoms with Crippen LogP contribution in [0.25, 0.3) is 0 Å². The van der Waals surface area contributed by atoms with Gasteiger partial charge in [-0.05, 0) is 31.0 Å². The van der Waals surface area contributed by atoms with Gasteiger partial charge in [0.2, 0.25) is 0 Å². The molecular weight excluding hydrogens is 273 g/mol. The van der Waals surface area contributed by atoms with Crippen LogP contribution in [0.4, 0.5) is 10.1 Å². The second-order valence-corrected chi connectivity index (χ2v) is 4.47. The third-order valence-corrected chi connectivity index (χ3v) is 2.92. The quantitative estimate of drug-likeness (QED) is 0.803. The largest absolute Gasteiger partial charge is 0.491 e.